The van der Waals surface area contributed by atoms with Crippen LogP contribution in [0.4, 0.5) is 0 Å². The van der Waals surface area contributed by atoms with Crippen molar-refractivity contribution in [2.75, 3.05) is 26.8 Å². The first-order valence-corrected chi connectivity index (χ1v) is 17.9. The average molecular weight is 642 g/mol. The zero-order valence-electron chi connectivity index (χ0n) is 28.0. The third kappa shape index (κ3) is 4.14. The molecule has 0 spiro atoms. The second-order valence-electron chi connectivity index (χ2n) is 16.8. The first kappa shape index (κ1) is 32.9. The number of aldehydes is 1. The minimum atomic E-state index is -1.63. The highest BCUT2D eigenvalue weighted by Gasteiger charge is 2.81. The summed E-state index contributed by atoms with van der Waals surface area (Å²) in [7, 11) is 1.68. The van der Waals surface area contributed by atoms with Crippen molar-refractivity contribution in [1.29, 1.82) is 0 Å². The molecule has 9 heteroatoms. The normalized spacial score (nSPS) is 50.7. The van der Waals surface area contributed by atoms with Crippen LogP contribution in [0, 0.1) is 52.3 Å². The molecule has 0 unspecified atom stereocenters. The molecule has 256 valence electrons. The number of carbonyl (C=O) groups excluding carboxylic acids is 2. The van der Waals surface area contributed by atoms with E-state index in [0.29, 0.717) is 64.0 Å². The number of esters is 1. The molecule has 5 fully saturated rings. The third-order valence-corrected chi connectivity index (χ3v) is 14.8. The number of rotatable bonds is 8. The van der Waals surface area contributed by atoms with Crippen LogP contribution in [0.3, 0.4) is 0 Å². The number of methoxy groups -OCH3 is 1. The molecule has 7 aliphatic rings. The Kier molecular flexibility index (Phi) is 8.02. The van der Waals surface area contributed by atoms with E-state index >= 15 is 0 Å². The van der Waals surface area contributed by atoms with Gasteiger partial charge in [-0.25, -0.2) is 4.79 Å². The fourth-order valence-electron chi connectivity index (χ4n) is 12.7. The monoisotopic (exact) mass is 641 g/mol. The van der Waals surface area contributed by atoms with Gasteiger partial charge in [0.1, 0.15) is 18.0 Å². The number of ether oxygens (including phenoxy) is 2. The van der Waals surface area contributed by atoms with Crippen LogP contribution in [0.15, 0.2) is 23.3 Å². The number of nitrogens with one attached hydrogen (secondary N) is 1. The van der Waals surface area contributed by atoms with Gasteiger partial charge in [-0.3, -0.25) is 0 Å². The Morgan fingerprint density at radius 3 is 2.63 bits per heavy atom. The fraction of sp³-hybridized carbons (Fsp3) is 0.838. The van der Waals surface area contributed by atoms with Gasteiger partial charge < -0.3 is 40.0 Å². The summed E-state index contributed by atoms with van der Waals surface area (Å²) in [5.74, 6) is -1.56. The lowest BCUT2D eigenvalue weighted by Gasteiger charge is -2.71. The second kappa shape index (κ2) is 11.2. The van der Waals surface area contributed by atoms with Crippen LogP contribution in [-0.2, 0) is 19.1 Å². The smallest absolute Gasteiger partial charge is 0.331 e. The number of aliphatic hydroxyl groups is 4. The Labute approximate surface area is 273 Å². The second-order valence-corrected chi connectivity index (χ2v) is 16.8. The van der Waals surface area contributed by atoms with E-state index in [0.717, 1.165) is 36.8 Å². The molecule has 0 saturated heterocycles. The highest BCUT2D eigenvalue weighted by Crippen LogP contribution is 2.76. The summed E-state index contributed by atoms with van der Waals surface area (Å²) in [5.41, 5.74) is -4.80. The molecule has 0 aromatic rings. The van der Waals surface area contributed by atoms with Gasteiger partial charge in [-0.2, -0.15) is 0 Å². The van der Waals surface area contributed by atoms with E-state index in [1.54, 1.807) is 13.2 Å². The lowest BCUT2D eigenvalue weighted by atomic mass is 9.36. The van der Waals surface area contributed by atoms with Crippen LogP contribution in [-0.4, -0.2) is 88.5 Å². The molecule has 1 heterocycles. The first-order valence-electron chi connectivity index (χ1n) is 17.9. The topological polar surface area (TPSA) is 146 Å². The highest BCUT2D eigenvalue weighted by molar-refractivity contribution is 5.87. The van der Waals surface area contributed by atoms with Crippen LogP contribution >= 0.6 is 0 Å². The summed E-state index contributed by atoms with van der Waals surface area (Å²) in [6, 6.07) is 0. The highest BCUT2D eigenvalue weighted by atomic mass is 16.5. The number of hydrogen-bond donors (Lipinski definition) is 5. The molecule has 46 heavy (non-hydrogen) atoms. The van der Waals surface area contributed by atoms with Gasteiger partial charge in [0.15, 0.2) is 0 Å². The summed E-state index contributed by atoms with van der Waals surface area (Å²) >= 11 is 0. The van der Waals surface area contributed by atoms with E-state index in [1.165, 1.54) is 0 Å². The van der Waals surface area contributed by atoms with Gasteiger partial charge in [-0.1, -0.05) is 26.8 Å². The van der Waals surface area contributed by atoms with E-state index in [4.69, 9.17) is 9.47 Å². The van der Waals surface area contributed by atoms with Gasteiger partial charge in [-0.15, -0.1) is 0 Å². The van der Waals surface area contributed by atoms with Crippen LogP contribution in [0.2, 0.25) is 0 Å². The van der Waals surface area contributed by atoms with Gasteiger partial charge in [0, 0.05) is 43.6 Å². The molecule has 1 aliphatic heterocycles. The van der Waals surface area contributed by atoms with Gasteiger partial charge in [0.05, 0.1) is 22.7 Å². The minimum absolute atomic E-state index is 0.114. The molecule has 5 N–H and O–H groups in total. The fourth-order valence-corrected chi connectivity index (χ4v) is 12.7. The van der Waals surface area contributed by atoms with Crippen molar-refractivity contribution in [3.8, 4) is 0 Å². The van der Waals surface area contributed by atoms with E-state index in [9.17, 15) is 30.0 Å². The van der Waals surface area contributed by atoms with Crippen LogP contribution in [0.5, 0.6) is 0 Å². The largest absolute Gasteiger partial charge is 0.450 e. The lowest BCUT2D eigenvalue weighted by molar-refractivity contribution is -0.341. The van der Waals surface area contributed by atoms with Crippen LogP contribution < -0.4 is 5.32 Å². The van der Waals surface area contributed by atoms with Gasteiger partial charge in [-0.05, 0) is 111 Å². The quantitative estimate of drug-likeness (QED) is 0.117. The van der Waals surface area contributed by atoms with Crippen molar-refractivity contribution in [2.24, 2.45) is 52.3 Å². The van der Waals surface area contributed by atoms with Crippen molar-refractivity contribution >= 4 is 12.3 Å². The molecule has 13 atom stereocenters. The van der Waals surface area contributed by atoms with Crippen molar-refractivity contribution in [3.63, 3.8) is 0 Å². The molecule has 0 aromatic heterocycles. The van der Waals surface area contributed by atoms with Gasteiger partial charge in [0.25, 0.3) is 0 Å². The Morgan fingerprint density at radius 1 is 1.13 bits per heavy atom. The Morgan fingerprint density at radius 2 is 1.91 bits per heavy atom. The molecule has 5 saturated carbocycles. The standard InChI is InChI=1S/C37H55NO8/c1-21(2)22-6-7-27-28(40)8-11-34(20-39)29-9-10-33(3)31-23(17-36(33,43)35(29,42)18-25(15-22)37(27,34)44)14-24(19-38-12-5-13-45-4)32-26(31)16-30(41)46-32/h14,16,20-23,25,27-29,31-32,38,40,42-44H,5-13,15,17-19H2,1-4H3/t22-,23+,25+,27-,28-,29+,31+,32-,33+,34-,35-,36+,37-/m0/s1. The maximum Gasteiger partial charge on any atom is 0.331 e. The van der Waals surface area contributed by atoms with E-state index in [-0.39, 0.29) is 30.1 Å². The molecule has 7 rings (SSSR count). The zero-order chi connectivity index (χ0) is 32.9. The predicted molar refractivity (Wildman–Crippen MR) is 170 cm³/mol. The third-order valence-electron chi connectivity index (χ3n) is 14.8. The average Bonchev–Trinajstić information content (AvgIpc) is 3.44. The van der Waals surface area contributed by atoms with Gasteiger partial charge in [0.2, 0.25) is 0 Å². The Balaban J connectivity index is 1.30. The summed E-state index contributed by atoms with van der Waals surface area (Å²) < 4.78 is 11.0. The SMILES string of the molecule is COCCCNCC1=C[C@@H]2C[C@@]3(O)[C@](C)(CC[C@H]4[C@@]3(O)C[C@H]3C[C@@H](C(C)C)CC[C@H]5[C@@H](O)CC[C@@]4(C=O)[C@]35O)[C@H]2C2=CC(=O)O[C@@H]12. The number of aliphatic hydroxyl groups excluding tert-OH is 1. The summed E-state index contributed by atoms with van der Waals surface area (Å²) in [5, 5.41) is 54.3. The maximum atomic E-state index is 13.6. The predicted octanol–water partition coefficient (Wildman–Crippen LogP) is 3.08. The molecule has 0 amide bonds. The van der Waals surface area contributed by atoms with Crippen molar-refractivity contribution in [2.45, 2.75) is 114 Å². The van der Waals surface area contributed by atoms with Crippen LogP contribution in [0.1, 0.15) is 85.0 Å². The van der Waals surface area contributed by atoms with Gasteiger partial charge >= 0.3 is 5.97 Å². The molecular formula is C37H55NO8. The van der Waals surface area contributed by atoms with Crippen molar-refractivity contribution < 1.29 is 39.5 Å². The van der Waals surface area contributed by atoms with Crippen molar-refractivity contribution in [3.05, 3.63) is 23.3 Å². The minimum Gasteiger partial charge on any atom is -0.450 e. The molecule has 6 aliphatic carbocycles. The first-order chi connectivity index (χ1) is 21.8. The molecular weight excluding hydrogens is 586 g/mol. The summed E-state index contributed by atoms with van der Waals surface area (Å²) in [4.78, 5) is 26.4. The van der Waals surface area contributed by atoms with Crippen molar-refractivity contribution in [1.82, 2.24) is 5.32 Å². The van der Waals surface area contributed by atoms with E-state index in [2.05, 4.69) is 32.2 Å². The number of fused-ring (bicyclic) bond motifs is 8. The maximum absolute atomic E-state index is 13.6. The molecule has 0 bridgehead atoms. The zero-order valence-corrected chi connectivity index (χ0v) is 28.0. The number of hydrogen-bond acceptors (Lipinski definition) is 9. The van der Waals surface area contributed by atoms with E-state index < -0.39 is 57.6 Å². The molecule has 0 aromatic carbocycles. The Bertz CT molecular complexity index is 1310. The summed E-state index contributed by atoms with van der Waals surface area (Å²) in [6.07, 6.45) is 8.79. The summed E-state index contributed by atoms with van der Waals surface area (Å²) in [6.45, 7) is 8.40. The molecule has 9 nitrogen and oxygen atoms in total. The van der Waals surface area contributed by atoms with E-state index in [1.807, 2.05) is 0 Å². The molecule has 0 radical (unpaired) electrons. The number of carbonyl (C=O) groups is 2. The lowest BCUT2D eigenvalue weighted by Crippen LogP contribution is -2.80. The Hall–Kier alpha value is -1.62. The van der Waals surface area contributed by atoms with Crippen LogP contribution in [0.25, 0.3) is 0 Å². The number of allylic oxidation sites excluding steroid dienone is 1.